The molecule has 0 fully saturated rings. The summed E-state index contributed by atoms with van der Waals surface area (Å²) in [6, 6.07) is 3.66. The Balaban J connectivity index is 1.85. The van der Waals surface area contributed by atoms with Gasteiger partial charge in [0.15, 0.2) is 0 Å². The highest BCUT2D eigenvalue weighted by atomic mass is 16.6. The van der Waals surface area contributed by atoms with E-state index in [1.165, 1.54) is 7.05 Å². The number of nitrogens with zero attached hydrogens (tertiary/aromatic N) is 3. The lowest BCUT2D eigenvalue weighted by Gasteiger charge is -2.37. The van der Waals surface area contributed by atoms with Crippen molar-refractivity contribution < 1.29 is 52.9 Å². The van der Waals surface area contributed by atoms with Crippen molar-refractivity contribution in [3.05, 3.63) is 42.0 Å². The van der Waals surface area contributed by atoms with Crippen molar-refractivity contribution in [3.8, 4) is 0 Å². The molecule has 0 saturated heterocycles. The third kappa shape index (κ3) is 13.5. The van der Waals surface area contributed by atoms with Gasteiger partial charge in [0.25, 0.3) is 11.8 Å². The van der Waals surface area contributed by atoms with Crippen molar-refractivity contribution in [1.82, 2.24) is 30.7 Å². The third-order valence-electron chi connectivity index (χ3n) is 9.29. The number of aliphatic hydroxyl groups excluding tert-OH is 1. The Morgan fingerprint density at radius 2 is 1.44 bits per heavy atom. The van der Waals surface area contributed by atoms with Crippen LogP contribution in [-0.2, 0) is 49.6 Å². The lowest BCUT2D eigenvalue weighted by atomic mass is 9.91. The maximum absolute atomic E-state index is 13.0. The van der Waals surface area contributed by atoms with Crippen molar-refractivity contribution in [3.63, 3.8) is 0 Å². The van der Waals surface area contributed by atoms with Crippen LogP contribution in [0.5, 0.6) is 0 Å². The first-order valence-electron chi connectivity index (χ1n) is 18.0. The average molecular weight is 774 g/mol. The number of methoxy groups -OCH3 is 1. The molecule has 1 heterocycles. The molecule has 1 aromatic carbocycles. The van der Waals surface area contributed by atoms with E-state index in [2.05, 4.69) is 21.3 Å². The molecule has 18 nitrogen and oxygen atoms in total. The number of carbonyl (C=O) groups excluding carboxylic acids is 8. The highest BCUT2D eigenvalue weighted by molar-refractivity contribution is 6.14. The number of aliphatic hydroxyl groups is 1. The van der Waals surface area contributed by atoms with E-state index in [9.17, 15) is 43.5 Å². The van der Waals surface area contributed by atoms with E-state index in [-0.39, 0.29) is 43.0 Å². The summed E-state index contributed by atoms with van der Waals surface area (Å²) in [6.07, 6.45) is 2.50. The molecule has 0 bridgehead atoms. The topological polar surface area (TPSA) is 233 Å². The number of ether oxygens (including phenoxy) is 2. The number of rotatable bonds is 21. The SMILES string of the molecule is CCC(C)C(C(CC)OC)N(C)C(=O)CNC(=O)C(CO)N(C)C(=O)OCc1ccc(NC(=O)CNC(=O)C(NC(=O)CN2C(=O)C=CC2=O)C(C)C)cc1. The predicted molar refractivity (Wildman–Crippen MR) is 200 cm³/mol. The summed E-state index contributed by atoms with van der Waals surface area (Å²) < 4.78 is 10.9. The second-order valence-corrected chi connectivity index (χ2v) is 13.5. The van der Waals surface area contributed by atoms with Gasteiger partial charge in [0.05, 0.1) is 31.8 Å². The van der Waals surface area contributed by atoms with Gasteiger partial charge < -0.3 is 40.7 Å². The van der Waals surface area contributed by atoms with Crippen molar-refractivity contribution in [1.29, 1.82) is 0 Å². The molecule has 1 aliphatic rings. The fraction of sp³-hybridized carbons (Fsp3) is 0.568. The molecule has 5 unspecified atom stereocenters. The summed E-state index contributed by atoms with van der Waals surface area (Å²) in [7, 11) is 4.53. The summed E-state index contributed by atoms with van der Waals surface area (Å²) in [5.41, 5.74) is 0.904. The molecule has 0 radical (unpaired) electrons. The Bertz CT molecular complexity index is 1540. The summed E-state index contributed by atoms with van der Waals surface area (Å²) in [5, 5.41) is 20.0. The Kier molecular flexibility index (Phi) is 18.4. The number of anilines is 1. The summed E-state index contributed by atoms with van der Waals surface area (Å²) in [4.78, 5) is 103. The second kappa shape index (κ2) is 22.1. The highest BCUT2D eigenvalue weighted by Gasteiger charge is 2.33. The molecule has 2 rings (SSSR count). The number of hydrogen-bond acceptors (Lipinski definition) is 11. The van der Waals surface area contributed by atoms with Gasteiger partial charge in [0, 0.05) is 39.0 Å². The number of hydrogen-bond donors (Lipinski definition) is 5. The predicted octanol–water partition coefficient (Wildman–Crippen LogP) is 0.151. The van der Waals surface area contributed by atoms with Gasteiger partial charge in [-0.05, 0) is 36.0 Å². The van der Waals surface area contributed by atoms with Crippen molar-refractivity contribution >= 4 is 53.1 Å². The number of imide groups is 1. The van der Waals surface area contributed by atoms with E-state index in [1.807, 2.05) is 20.8 Å². The lowest BCUT2D eigenvalue weighted by molar-refractivity contribution is -0.141. The molecule has 0 saturated carbocycles. The standard InChI is InChI=1S/C37H55N7O11/c1-9-23(5)34(27(10-2)54-8)43(7)32(50)18-39-35(51)26(20-45)42(6)37(53)55-21-24-11-13-25(14-12-24)40-28(46)17-38-36(52)33(22(3)4)41-29(47)19-44-30(48)15-16-31(44)49/h11-16,22-23,26-27,33-34,45H,9-10,17-21H2,1-8H3,(H,38,52)(H,39,51)(H,40,46)(H,41,47). The zero-order valence-corrected chi connectivity index (χ0v) is 32.7. The van der Waals surface area contributed by atoms with E-state index < -0.39 is 73.3 Å². The maximum atomic E-state index is 13.0. The van der Waals surface area contributed by atoms with Crippen LogP contribution in [0.1, 0.15) is 53.0 Å². The molecule has 5 atom stereocenters. The minimum atomic E-state index is -1.33. The van der Waals surface area contributed by atoms with Gasteiger partial charge in [-0.1, -0.05) is 53.2 Å². The van der Waals surface area contributed by atoms with Gasteiger partial charge in [0.1, 0.15) is 25.2 Å². The van der Waals surface area contributed by atoms with E-state index in [1.54, 1.807) is 57.2 Å². The number of amides is 8. The molecule has 1 aromatic rings. The van der Waals surface area contributed by atoms with Crippen LogP contribution < -0.4 is 21.3 Å². The number of carbonyl (C=O) groups is 8. The minimum absolute atomic E-state index is 0.136. The Morgan fingerprint density at radius 1 is 0.836 bits per heavy atom. The van der Waals surface area contributed by atoms with E-state index >= 15 is 0 Å². The first kappa shape index (κ1) is 45.8. The van der Waals surface area contributed by atoms with Crippen LogP contribution in [0.4, 0.5) is 10.5 Å². The number of nitrogens with one attached hydrogen (secondary N) is 4. The number of benzene rings is 1. The number of likely N-dealkylation sites (N-methyl/N-ethyl adjacent to an activating group) is 2. The second-order valence-electron chi connectivity index (χ2n) is 13.5. The Labute approximate surface area is 321 Å². The molecule has 5 N–H and O–H groups in total. The van der Waals surface area contributed by atoms with Crippen LogP contribution >= 0.6 is 0 Å². The van der Waals surface area contributed by atoms with Gasteiger partial charge in [-0.2, -0.15) is 0 Å². The normalized spacial score (nSPS) is 15.1. The van der Waals surface area contributed by atoms with Crippen LogP contribution in [0.2, 0.25) is 0 Å². The minimum Gasteiger partial charge on any atom is -0.445 e. The van der Waals surface area contributed by atoms with E-state index in [0.717, 1.165) is 28.4 Å². The van der Waals surface area contributed by atoms with Gasteiger partial charge in [0.2, 0.25) is 29.5 Å². The molecule has 8 amide bonds. The third-order valence-corrected chi connectivity index (χ3v) is 9.29. The van der Waals surface area contributed by atoms with Crippen LogP contribution in [0.25, 0.3) is 0 Å². The van der Waals surface area contributed by atoms with E-state index in [0.29, 0.717) is 17.7 Å². The molecule has 0 aromatic heterocycles. The smallest absolute Gasteiger partial charge is 0.410 e. The van der Waals surface area contributed by atoms with Crippen molar-refractivity contribution in [2.45, 2.75) is 78.3 Å². The van der Waals surface area contributed by atoms with E-state index in [4.69, 9.17) is 9.47 Å². The first-order valence-corrected chi connectivity index (χ1v) is 18.0. The van der Waals surface area contributed by atoms with Gasteiger partial charge in [-0.15, -0.1) is 0 Å². The highest BCUT2D eigenvalue weighted by Crippen LogP contribution is 2.21. The van der Waals surface area contributed by atoms with Crippen LogP contribution in [-0.4, -0.2) is 139 Å². The van der Waals surface area contributed by atoms with Crippen LogP contribution in [0, 0.1) is 11.8 Å². The average Bonchev–Trinajstić information content (AvgIpc) is 3.48. The molecule has 304 valence electrons. The Hall–Kier alpha value is -5.36. The molecule has 0 aliphatic carbocycles. The first-order chi connectivity index (χ1) is 26.0. The van der Waals surface area contributed by atoms with Gasteiger partial charge in [-0.25, -0.2) is 4.79 Å². The summed E-state index contributed by atoms with van der Waals surface area (Å²) in [6.45, 7) is 7.12. The molecule has 55 heavy (non-hydrogen) atoms. The van der Waals surface area contributed by atoms with Gasteiger partial charge in [-0.3, -0.25) is 43.4 Å². The summed E-state index contributed by atoms with van der Waals surface area (Å²) in [5.74, 6) is -4.53. The van der Waals surface area contributed by atoms with Crippen molar-refractivity contribution in [2.24, 2.45) is 11.8 Å². The molecular weight excluding hydrogens is 718 g/mol. The van der Waals surface area contributed by atoms with Gasteiger partial charge >= 0.3 is 6.09 Å². The molecular formula is C37H55N7O11. The fourth-order valence-electron chi connectivity index (χ4n) is 5.76. The zero-order chi connectivity index (χ0) is 41.4. The Morgan fingerprint density at radius 3 is 1.96 bits per heavy atom. The fourth-order valence-corrected chi connectivity index (χ4v) is 5.76. The lowest BCUT2D eigenvalue weighted by Crippen LogP contribution is -2.54. The quantitative estimate of drug-likeness (QED) is 0.106. The summed E-state index contributed by atoms with van der Waals surface area (Å²) >= 11 is 0. The largest absolute Gasteiger partial charge is 0.445 e. The maximum Gasteiger partial charge on any atom is 0.410 e. The van der Waals surface area contributed by atoms with Crippen LogP contribution in [0.15, 0.2) is 36.4 Å². The molecule has 0 spiro atoms. The monoisotopic (exact) mass is 773 g/mol. The zero-order valence-electron chi connectivity index (χ0n) is 32.7. The molecule has 1 aliphatic heterocycles. The van der Waals surface area contributed by atoms with Crippen molar-refractivity contribution in [2.75, 3.05) is 52.8 Å². The van der Waals surface area contributed by atoms with Crippen LogP contribution in [0.3, 0.4) is 0 Å². The molecule has 18 heteroatoms.